The Hall–Kier alpha value is -0.850. The fraction of sp³-hybridized carbons (Fsp3) is 0.615. The molecule has 19 heavy (non-hydrogen) atoms. The Bertz CT molecular complexity index is 441. The summed E-state index contributed by atoms with van der Waals surface area (Å²) < 4.78 is 11.4. The van der Waals surface area contributed by atoms with Crippen molar-refractivity contribution in [2.24, 2.45) is 11.1 Å². The van der Waals surface area contributed by atoms with E-state index < -0.39 is 5.41 Å². The molecule has 2 heterocycles. The molecule has 0 spiro atoms. The van der Waals surface area contributed by atoms with Crippen molar-refractivity contribution in [1.29, 1.82) is 0 Å². The van der Waals surface area contributed by atoms with E-state index in [0.717, 1.165) is 5.76 Å². The molecule has 6 heteroatoms. The summed E-state index contributed by atoms with van der Waals surface area (Å²) in [6.07, 6.45) is 1.38. The molecule has 1 aliphatic rings. The molecule has 1 fully saturated rings. The van der Waals surface area contributed by atoms with Gasteiger partial charge in [0.2, 0.25) is 5.91 Å². The van der Waals surface area contributed by atoms with Crippen molar-refractivity contribution < 1.29 is 13.9 Å². The third-order valence-corrected chi connectivity index (χ3v) is 4.09. The average molecular weight is 331 g/mol. The van der Waals surface area contributed by atoms with Crippen molar-refractivity contribution in [1.82, 2.24) is 4.90 Å². The van der Waals surface area contributed by atoms with Crippen molar-refractivity contribution in [3.05, 3.63) is 22.6 Å². The zero-order chi connectivity index (χ0) is 13.9. The second-order valence-electron chi connectivity index (χ2n) is 4.96. The van der Waals surface area contributed by atoms with E-state index in [0.29, 0.717) is 43.8 Å². The van der Waals surface area contributed by atoms with Gasteiger partial charge in [-0.25, -0.2) is 0 Å². The summed E-state index contributed by atoms with van der Waals surface area (Å²) in [5, 5.41) is 0. The highest BCUT2D eigenvalue weighted by Gasteiger charge is 2.40. The number of carbonyl (C=O) groups is 1. The Morgan fingerprint density at radius 3 is 2.68 bits per heavy atom. The van der Waals surface area contributed by atoms with Gasteiger partial charge in [0.05, 0.1) is 12.0 Å². The number of furan rings is 1. The monoisotopic (exact) mass is 330 g/mol. The normalized spacial score (nSPS) is 18.3. The van der Waals surface area contributed by atoms with Crippen LogP contribution in [0.5, 0.6) is 0 Å². The fourth-order valence-corrected chi connectivity index (χ4v) is 2.75. The number of ether oxygens (including phenoxy) is 1. The van der Waals surface area contributed by atoms with Crippen LogP contribution < -0.4 is 5.73 Å². The SMILES string of the molecule is CN(Cc1ccc(Br)o1)C(=O)C1(CN)CCOCC1. The molecule has 2 N–H and O–H groups in total. The van der Waals surface area contributed by atoms with Crippen molar-refractivity contribution in [3.63, 3.8) is 0 Å². The Kier molecular flexibility index (Phi) is 4.65. The molecule has 0 bridgehead atoms. The summed E-state index contributed by atoms with van der Waals surface area (Å²) in [6.45, 7) is 2.01. The minimum absolute atomic E-state index is 0.0748. The van der Waals surface area contributed by atoms with Crippen LogP contribution in [-0.4, -0.2) is 37.6 Å². The van der Waals surface area contributed by atoms with Crippen molar-refractivity contribution in [3.8, 4) is 0 Å². The first-order valence-corrected chi connectivity index (χ1v) is 7.14. The average Bonchev–Trinajstić information content (AvgIpc) is 2.84. The molecule has 0 aromatic carbocycles. The van der Waals surface area contributed by atoms with Crippen LogP contribution in [0.1, 0.15) is 18.6 Å². The van der Waals surface area contributed by atoms with Gasteiger partial charge in [-0.3, -0.25) is 4.79 Å². The molecular weight excluding hydrogens is 312 g/mol. The molecule has 1 aromatic heterocycles. The number of nitrogens with zero attached hydrogens (tertiary/aromatic N) is 1. The highest BCUT2D eigenvalue weighted by atomic mass is 79.9. The van der Waals surface area contributed by atoms with Crippen LogP contribution >= 0.6 is 15.9 Å². The van der Waals surface area contributed by atoms with Gasteiger partial charge in [0.15, 0.2) is 4.67 Å². The van der Waals surface area contributed by atoms with Gasteiger partial charge in [0.1, 0.15) is 5.76 Å². The third kappa shape index (κ3) is 3.19. The molecule has 0 atom stereocenters. The summed E-state index contributed by atoms with van der Waals surface area (Å²) in [5.41, 5.74) is 5.37. The summed E-state index contributed by atoms with van der Waals surface area (Å²) >= 11 is 3.25. The Morgan fingerprint density at radius 2 is 2.16 bits per heavy atom. The van der Waals surface area contributed by atoms with Crippen LogP contribution in [0.4, 0.5) is 0 Å². The first-order valence-electron chi connectivity index (χ1n) is 6.35. The molecule has 5 nitrogen and oxygen atoms in total. The standard InChI is InChI=1S/C13H19BrN2O3/c1-16(8-10-2-3-11(14)19-10)12(17)13(9-15)4-6-18-7-5-13/h2-3H,4-9,15H2,1H3. The number of nitrogens with two attached hydrogens (primary N) is 1. The van der Waals surface area contributed by atoms with E-state index >= 15 is 0 Å². The molecule has 2 rings (SSSR count). The lowest BCUT2D eigenvalue weighted by Crippen LogP contribution is -2.49. The number of hydrogen-bond donors (Lipinski definition) is 1. The van der Waals surface area contributed by atoms with Gasteiger partial charge in [-0.15, -0.1) is 0 Å². The summed E-state index contributed by atoms with van der Waals surface area (Å²) in [7, 11) is 1.78. The zero-order valence-corrected chi connectivity index (χ0v) is 12.6. The van der Waals surface area contributed by atoms with Crippen LogP contribution in [0.3, 0.4) is 0 Å². The molecule has 0 aliphatic carbocycles. The largest absolute Gasteiger partial charge is 0.452 e. The summed E-state index contributed by atoms with van der Waals surface area (Å²) in [5.74, 6) is 0.827. The van der Waals surface area contributed by atoms with Crippen molar-refractivity contribution >= 4 is 21.8 Å². The first-order chi connectivity index (χ1) is 9.07. The fourth-order valence-electron chi connectivity index (χ4n) is 2.41. The summed E-state index contributed by atoms with van der Waals surface area (Å²) in [6, 6.07) is 3.67. The predicted octanol–water partition coefficient (Wildman–Crippen LogP) is 1.76. The highest BCUT2D eigenvalue weighted by molar-refractivity contribution is 9.10. The van der Waals surface area contributed by atoms with E-state index in [9.17, 15) is 4.79 Å². The Labute approximate surface area is 121 Å². The minimum Gasteiger partial charge on any atom is -0.452 e. The topological polar surface area (TPSA) is 68.7 Å². The molecule has 1 saturated heterocycles. The smallest absolute Gasteiger partial charge is 0.230 e. The lowest BCUT2D eigenvalue weighted by atomic mass is 9.79. The van der Waals surface area contributed by atoms with Crippen LogP contribution in [0.15, 0.2) is 21.2 Å². The number of carbonyl (C=O) groups excluding carboxylic acids is 1. The van der Waals surface area contributed by atoms with E-state index in [1.165, 1.54) is 0 Å². The van der Waals surface area contributed by atoms with Crippen molar-refractivity contribution in [2.75, 3.05) is 26.8 Å². The van der Waals surface area contributed by atoms with Crippen LogP contribution in [0.2, 0.25) is 0 Å². The van der Waals surface area contributed by atoms with Crippen LogP contribution in [0.25, 0.3) is 0 Å². The maximum atomic E-state index is 12.6. The second-order valence-corrected chi connectivity index (χ2v) is 5.75. The Balaban J connectivity index is 2.04. The highest BCUT2D eigenvalue weighted by Crippen LogP contribution is 2.31. The van der Waals surface area contributed by atoms with E-state index in [-0.39, 0.29) is 5.91 Å². The van der Waals surface area contributed by atoms with E-state index in [1.807, 2.05) is 12.1 Å². The quantitative estimate of drug-likeness (QED) is 0.913. The van der Waals surface area contributed by atoms with Gasteiger partial charge in [-0.1, -0.05) is 0 Å². The number of hydrogen-bond acceptors (Lipinski definition) is 4. The molecule has 1 aromatic rings. The van der Waals surface area contributed by atoms with Gasteiger partial charge >= 0.3 is 0 Å². The maximum Gasteiger partial charge on any atom is 0.230 e. The van der Waals surface area contributed by atoms with Crippen LogP contribution in [0, 0.1) is 5.41 Å². The number of halogens is 1. The minimum atomic E-state index is -0.475. The number of rotatable bonds is 4. The maximum absolute atomic E-state index is 12.6. The number of amides is 1. The molecule has 106 valence electrons. The molecule has 0 saturated carbocycles. The molecule has 1 aliphatic heterocycles. The van der Waals surface area contributed by atoms with Gasteiger partial charge in [0, 0.05) is 26.8 Å². The lowest BCUT2D eigenvalue weighted by molar-refractivity contribution is -0.146. The van der Waals surface area contributed by atoms with Crippen molar-refractivity contribution in [2.45, 2.75) is 19.4 Å². The lowest BCUT2D eigenvalue weighted by Gasteiger charge is -2.37. The predicted molar refractivity (Wildman–Crippen MR) is 74.4 cm³/mol. The molecular formula is C13H19BrN2O3. The molecule has 1 amide bonds. The molecule has 0 unspecified atom stereocenters. The second kappa shape index (κ2) is 6.07. The van der Waals surface area contributed by atoms with Crippen LogP contribution in [-0.2, 0) is 16.1 Å². The van der Waals surface area contributed by atoms with Gasteiger partial charge in [-0.05, 0) is 40.9 Å². The third-order valence-electron chi connectivity index (χ3n) is 3.66. The van der Waals surface area contributed by atoms with E-state index in [4.69, 9.17) is 14.9 Å². The van der Waals surface area contributed by atoms with Gasteiger partial charge in [-0.2, -0.15) is 0 Å². The van der Waals surface area contributed by atoms with Gasteiger partial charge in [0.25, 0.3) is 0 Å². The first kappa shape index (κ1) is 14.6. The molecule has 0 radical (unpaired) electrons. The Morgan fingerprint density at radius 1 is 1.47 bits per heavy atom. The van der Waals surface area contributed by atoms with E-state index in [1.54, 1.807) is 11.9 Å². The van der Waals surface area contributed by atoms with Gasteiger partial charge < -0.3 is 19.8 Å². The zero-order valence-electron chi connectivity index (χ0n) is 11.0. The summed E-state index contributed by atoms with van der Waals surface area (Å²) in [4.78, 5) is 14.3. The van der Waals surface area contributed by atoms with E-state index in [2.05, 4.69) is 15.9 Å².